The van der Waals surface area contributed by atoms with Crippen molar-refractivity contribution >= 4 is 23.5 Å². The monoisotopic (exact) mass is 438 g/mol. The third-order valence-corrected chi connectivity index (χ3v) is 5.20. The Bertz CT molecular complexity index is 840. The van der Waals surface area contributed by atoms with Crippen LogP contribution in [-0.2, 0) is 32.3 Å². The van der Waals surface area contributed by atoms with Gasteiger partial charge in [0.2, 0.25) is 0 Å². The third kappa shape index (κ3) is 4.40. The molecule has 1 aliphatic carbocycles. The van der Waals surface area contributed by atoms with Crippen LogP contribution in [0.4, 0.5) is 17.6 Å². The summed E-state index contributed by atoms with van der Waals surface area (Å²) >= 11 is 5.85. The van der Waals surface area contributed by atoms with Crippen LogP contribution in [0.25, 0.3) is 0 Å². The molecule has 1 aromatic rings. The lowest BCUT2D eigenvalue weighted by Crippen LogP contribution is -2.15. The number of carbonyl (C=O) groups is 2. The maximum Gasteiger partial charge on any atom is 0.349 e. The molecule has 2 atom stereocenters. The van der Waals surface area contributed by atoms with Gasteiger partial charge < -0.3 is 14.6 Å². The summed E-state index contributed by atoms with van der Waals surface area (Å²) in [5.74, 6) is -9.96. The molecule has 0 radical (unpaired) electrons. The van der Waals surface area contributed by atoms with Crippen LogP contribution in [0.3, 0.4) is 0 Å². The van der Waals surface area contributed by atoms with Crippen molar-refractivity contribution < 1.29 is 41.7 Å². The van der Waals surface area contributed by atoms with Crippen LogP contribution in [0.2, 0.25) is 0 Å². The molecule has 2 rings (SSSR count). The van der Waals surface area contributed by atoms with Crippen molar-refractivity contribution in [2.24, 2.45) is 17.3 Å². The van der Waals surface area contributed by atoms with Crippen LogP contribution in [0, 0.1) is 40.5 Å². The predicted molar refractivity (Wildman–Crippen MR) is 93.3 cm³/mol. The topological polar surface area (TPSA) is 72.8 Å². The van der Waals surface area contributed by atoms with E-state index in [1.165, 1.54) is 6.08 Å². The molecule has 10 heteroatoms. The van der Waals surface area contributed by atoms with Gasteiger partial charge in [-0.1, -0.05) is 31.5 Å². The molecule has 1 N–H and O–H groups in total. The highest BCUT2D eigenvalue weighted by molar-refractivity contribution is 6.41. The summed E-state index contributed by atoms with van der Waals surface area (Å²) in [6.45, 7) is 2.79. The number of hydrogen-bond donors (Lipinski definition) is 1. The zero-order valence-corrected chi connectivity index (χ0v) is 16.6. The number of carbonyl (C=O) groups excluding carboxylic acids is 2. The summed E-state index contributed by atoms with van der Waals surface area (Å²) in [5, 5.41) is 8.60. The maximum absolute atomic E-state index is 14.0. The standard InChI is InChI=1S/C19H19ClF4O5/c1-4-28-17(26)11(20)5-10-12(19(10,2)3)18(27)29-7-9-15(23)13(21)8(6-25)14(22)16(9)24/h5,10,12,25H,4,6-7H2,1-3H3/t10-,12-/m1/s1. The van der Waals surface area contributed by atoms with Gasteiger partial charge in [-0.2, -0.15) is 0 Å². The van der Waals surface area contributed by atoms with E-state index in [1.807, 2.05) is 0 Å². The second kappa shape index (κ2) is 8.71. The lowest BCUT2D eigenvalue weighted by molar-refractivity contribution is -0.147. The van der Waals surface area contributed by atoms with Crippen LogP contribution >= 0.6 is 11.6 Å². The molecule has 0 spiro atoms. The second-order valence-electron chi connectivity index (χ2n) is 7.04. The van der Waals surface area contributed by atoms with Crippen molar-refractivity contribution in [3.8, 4) is 0 Å². The zero-order chi connectivity index (χ0) is 22.1. The molecule has 0 unspecified atom stereocenters. The Labute approximate surface area is 169 Å². The number of hydrogen-bond acceptors (Lipinski definition) is 5. The summed E-state index contributed by atoms with van der Waals surface area (Å²) in [4.78, 5) is 23.9. The highest BCUT2D eigenvalue weighted by Gasteiger charge is 2.61. The fourth-order valence-corrected chi connectivity index (χ4v) is 3.28. The molecule has 1 saturated carbocycles. The highest BCUT2D eigenvalue weighted by Crippen LogP contribution is 2.60. The third-order valence-electron chi connectivity index (χ3n) is 4.92. The minimum atomic E-state index is -1.76. The van der Waals surface area contributed by atoms with E-state index >= 15 is 0 Å². The molecular weight excluding hydrogens is 420 g/mol. The summed E-state index contributed by atoms with van der Waals surface area (Å²) in [6, 6.07) is 0. The molecule has 0 heterocycles. The van der Waals surface area contributed by atoms with Gasteiger partial charge in [0, 0.05) is 0 Å². The predicted octanol–water partition coefficient (Wildman–Crippen LogP) is 3.74. The molecule has 29 heavy (non-hydrogen) atoms. The van der Waals surface area contributed by atoms with Crippen molar-refractivity contribution in [3.05, 3.63) is 45.5 Å². The molecule has 1 aromatic carbocycles. The molecule has 160 valence electrons. The largest absolute Gasteiger partial charge is 0.462 e. The van der Waals surface area contributed by atoms with Crippen molar-refractivity contribution in [2.45, 2.75) is 34.0 Å². The highest BCUT2D eigenvalue weighted by atomic mass is 35.5. The Balaban J connectivity index is 2.14. The Kier molecular flexibility index (Phi) is 6.95. The van der Waals surface area contributed by atoms with E-state index in [9.17, 15) is 27.2 Å². The quantitative estimate of drug-likeness (QED) is 0.304. The van der Waals surface area contributed by atoms with Crippen molar-refractivity contribution in [1.29, 1.82) is 0 Å². The smallest absolute Gasteiger partial charge is 0.349 e. The number of esters is 2. The SMILES string of the molecule is CCOC(=O)C(Cl)=C[C@@H]1[C@H](C(=O)OCc2c(F)c(F)c(CO)c(F)c2F)C1(C)C. The summed E-state index contributed by atoms with van der Waals surface area (Å²) in [7, 11) is 0. The fourth-order valence-electron chi connectivity index (χ4n) is 3.09. The molecule has 0 aliphatic heterocycles. The molecule has 0 bridgehead atoms. The van der Waals surface area contributed by atoms with E-state index in [0.29, 0.717) is 0 Å². The minimum Gasteiger partial charge on any atom is -0.462 e. The van der Waals surface area contributed by atoms with Crippen LogP contribution in [0.5, 0.6) is 0 Å². The van der Waals surface area contributed by atoms with Crippen molar-refractivity contribution in [2.75, 3.05) is 6.61 Å². The van der Waals surface area contributed by atoms with Crippen molar-refractivity contribution in [1.82, 2.24) is 0 Å². The Morgan fingerprint density at radius 1 is 1.07 bits per heavy atom. The first kappa shape index (κ1) is 23.2. The average Bonchev–Trinajstić information content (AvgIpc) is 3.20. The molecule has 1 fully saturated rings. The number of rotatable bonds is 7. The number of ether oxygens (including phenoxy) is 2. The van der Waals surface area contributed by atoms with Gasteiger partial charge in [0.1, 0.15) is 11.6 Å². The molecule has 0 saturated heterocycles. The number of aliphatic hydroxyl groups is 1. The molecule has 0 aromatic heterocycles. The number of benzene rings is 1. The van der Waals surface area contributed by atoms with E-state index in [-0.39, 0.29) is 11.6 Å². The molecule has 1 aliphatic rings. The van der Waals surface area contributed by atoms with Gasteiger partial charge in [-0.3, -0.25) is 4.79 Å². The van der Waals surface area contributed by atoms with Gasteiger partial charge >= 0.3 is 11.9 Å². The average molecular weight is 439 g/mol. The number of halogens is 5. The molecule has 5 nitrogen and oxygen atoms in total. The van der Waals surface area contributed by atoms with Crippen LogP contribution in [0.15, 0.2) is 11.1 Å². The van der Waals surface area contributed by atoms with Crippen molar-refractivity contribution in [3.63, 3.8) is 0 Å². The van der Waals surface area contributed by atoms with E-state index in [1.54, 1.807) is 20.8 Å². The van der Waals surface area contributed by atoms with Gasteiger partial charge in [-0.25, -0.2) is 22.4 Å². The van der Waals surface area contributed by atoms with Crippen LogP contribution in [-0.4, -0.2) is 23.7 Å². The van der Waals surface area contributed by atoms with E-state index in [0.717, 1.165) is 0 Å². The van der Waals surface area contributed by atoms with E-state index in [4.69, 9.17) is 26.2 Å². The van der Waals surface area contributed by atoms with E-state index in [2.05, 4.69) is 0 Å². The molecule has 0 amide bonds. The van der Waals surface area contributed by atoms with Gasteiger partial charge in [0.25, 0.3) is 0 Å². The Morgan fingerprint density at radius 2 is 1.59 bits per heavy atom. The fraction of sp³-hybridized carbons (Fsp3) is 0.474. The number of aliphatic hydroxyl groups excluding tert-OH is 1. The lowest BCUT2D eigenvalue weighted by Gasteiger charge is -2.11. The zero-order valence-electron chi connectivity index (χ0n) is 15.8. The first-order valence-electron chi connectivity index (χ1n) is 8.64. The normalized spacial score (nSPS) is 20.4. The van der Waals surface area contributed by atoms with E-state index < -0.39 is 76.8 Å². The Morgan fingerprint density at radius 3 is 2.07 bits per heavy atom. The second-order valence-corrected chi connectivity index (χ2v) is 7.45. The first-order valence-corrected chi connectivity index (χ1v) is 9.02. The van der Waals surface area contributed by atoms with Crippen LogP contribution in [0.1, 0.15) is 31.9 Å². The van der Waals surface area contributed by atoms with Gasteiger partial charge in [0.05, 0.1) is 30.3 Å². The minimum absolute atomic E-state index is 0.113. The molecular formula is C19H19ClF4O5. The van der Waals surface area contributed by atoms with Crippen LogP contribution < -0.4 is 0 Å². The van der Waals surface area contributed by atoms with Gasteiger partial charge in [-0.05, 0) is 18.3 Å². The summed E-state index contributed by atoms with van der Waals surface area (Å²) in [5.41, 5.74) is -2.93. The van der Waals surface area contributed by atoms with Gasteiger partial charge in [0.15, 0.2) is 23.3 Å². The Hall–Kier alpha value is -2.13. The lowest BCUT2D eigenvalue weighted by atomic mass is 10.1. The summed E-state index contributed by atoms with van der Waals surface area (Å²) < 4.78 is 64.9. The maximum atomic E-state index is 14.0. The first-order chi connectivity index (χ1) is 13.5. The summed E-state index contributed by atoms with van der Waals surface area (Å²) in [6.07, 6.45) is 1.34. The number of allylic oxidation sites excluding steroid dienone is 1. The van der Waals surface area contributed by atoms with Gasteiger partial charge in [-0.15, -0.1) is 0 Å².